The Morgan fingerprint density at radius 3 is 2.94 bits per heavy atom. The normalized spacial score (nSPS) is 12.4. The number of imidazole rings is 1. The molecule has 4 aromatic rings. The summed E-state index contributed by atoms with van der Waals surface area (Å²) in [6.45, 7) is 3.04. The van der Waals surface area contributed by atoms with Crippen LogP contribution in [0.3, 0.4) is 0 Å². The van der Waals surface area contributed by atoms with Crippen LogP contribution in [0, 0.1) is 11.3 Å². The summed E-state index contributed by atoms with van der Waals surface area (Å²) >= 11 is 0. The molecule has 0 radical (unpaired) electrons. The number of benzene rings is 1. The van der Waals surface area contributed by atoms with Gasteiger partial charge in [-0.1, -0.05) is 12.1 Å². The number of rotatable bonds is 4. The van der Waals surface area contributed by atoms with Crippen LogP contribution in [0.1, 0.15) is 23.0 Å². The number of carbonyl (C=O) groups is 1. The van der Waals surface area contributed by atoms with E-state index in [4.69, 9.17) is 15.2 Å². The maximum atomic E-state index is 12.5. The van der Waals surface area contributed by atoms with Crippen molar-refractivity contribution >= 4 is 17.5 Å². The average Bonchev–Trinajstić information content (AvgIpc) is 3.30. The van der Waals surface area contributed by atoms with E-state index in [-0.39, 0.29) is 17.5 Å². The number of nitrogens with two attached hydrogens (primary N) is 1. The number of carbonyl (C=O) groups excluding carboxylic acids is 1. The molecular weight excluding hydrogens is 422 g/mol. The first-order chi connectivity index (χ1) is 16.1. The van der Waals surface area contributed by atoms with E-state index in [9.17, 15) is 10.1 Å². The predicted octanol–water partition coefficient (Wildman–Crippen LogP) is 2.43. The number of nitrogens with one attached hydrogen (secondary N) is 1. The van der Waals surface area contributed by atoms with Crippen molar-refractivity contribution in [2.75, 3.05) is 25.5 Å². The van der Waals surface area contributed by atoms with Crippen molar-refractivity contribution in [2.45, 2.75) is 6.92 Å². The number of anilines is 1. The van der Waals surface area contributed by atoms with Crippen molar-refractivity contribution < 1.29 is 14.3 Å². The quantitative estimate of drug-likeness (QED) is 0.492. The summed E-state index contributed by atoms with van der Waals surface area (Å²) in [4.78, 5) is 26.0. The zero-order valence-corrected chi connectivity index (χ0v) is 17.7. The van der Waals surface area contributed by atoms with Gasteiger partial charge >= 0.3 is 0 Å². The van der Waals surface area contributed by atoms with Gasteiger partial charge in [-0.3, -0.25) is 9.20 Å². The Kier molecular flexibility index (Phi) is 4.99. The Bertz CT molecular complexity index is 1440. The third-order valence-corrected chi connectivity index (χ3v) is 5.18. The summed E-state index contributed by atoms with van der Waals surface area (Å²) < 4.78 is 13.1. The Balaban J connectivity index is 1.85. The number of nitrogens with zero attached hydrogens (tertiary/aromatic N) is 5. The molecule has 0 saturated heterocycles. The van der Waals surface area contributed by atoms with Gasteiger partial charge in [-0.05, 0) is 25.1 Å². The Morgan fingerprint density at radius 2 is 2.12 bits per heavy atom. The van der Waals surface area contributed by atoms with E-state index in [2.05, 4.69) is 26.3 Å². The number of aromatic nitrogens is 4. The van der Waals surface area contributed by atoms with E-state index in [0.29, 0.717) is 65.0 Å². The fourth-order valence-corrected chi connectivity index (χ4v) is 3.77. The highest BCUT2D eigenvalue weighted by molar-refractivity contribution is 5.97. The molecule has 0 fully saturated rings. The molecule has 10 heteroatoms. The minimum atomic E-state index is -0.323. The van der Waals surface area contributed by atoms with Gasteiger partial charge in [0.25, 0.3) is 11.8 Å². The molecule has 1 amide bonds. The molecule has 0 atom stereocenters. The highest BCUT2D eigenvalue weighted by atomic mass is 16.6. The summed E-state index contributed by atoms with van der Waals surface area (Å²) in [5.74, 6) is 0.642. The number of ether oxygens (including phenoxy) is 2. The van der Waals surface area contributed by atoms with Gasteiger partial charge in [0.1, 0.15) is 18.9 Å². The SMILES string of the molecule is CCNC(=O)c1cn2c(N)nc(-c3cccc(C#N)c3)c(-c3ccnc4c3OCCO4)c2n1. The molecule has 5 rings (SSSR count). The average molecular weight is 441 g/mol. The van der Waals surface area contributed by atoms with Crippen LogP contribution in [0.5, 0.6) is 11.6 Å². The van der Waals surface area contributed by atoms with Crippen molar-refractivity contribution in [1.29, 1.82) is 5.26 Å². The summed E-state index contributed by atoms with van der Waals surface area (Å²) in [5, 5.41) is 12.1. The van der Waals surface area contributed by atoms with Gasteiger partial charge in [-0.25, -0.2) is 15.0 Å². The topological polar surface area (TPSA) is 140 Å². The molecule has 0 aliphatic carbocycles. The molecule has 0 saturated carbocycles. The van der Waals surface area contributed by atoms with Crippen LogP contribution >= 0.6 is 0 Å². The first-order valence-corrected chi connectivity index (χ1v) is 10.3. The van der Waals surface area contributed by atoms with Gasteiger partial charge in [0.05, 0.1) is 22.9 Å². The lowest BCUT2D eigenvalue weighted by Gasteiger charge is -2.21. The largest absolute Gasteiger partial charge is 0.484 e. The summed E-state index contributed by atoms with van der Waals surface area (Å²) in [6, 6.07) is 11.0. The summed E-state index contributed by atoms with van der Waals surface area (Å²) in [6.07, 6.45) is 3.16. The fourth-order valence-electron chi connectivity index (χ4n) is 3.77. The lowest BCUT2D eigenvalue weighted by molar-refractivity contribution is 0.0951. The highest BCUT2D eigenvalue weighted by Crippen LogP contribution is 2.43. The zero-order chi connectivity index (χ0) is 22.9. The maximum absolute atomic E-state index is 12.5. The van der Waals surface area contributed by atoms with Crippen molar-refractivity contribution in [1.82, 2.24) is 24.7 Å². The number of fused-ring (bicyclic) bond motifs is 2. The van der Waals surface area contributed by atoms with Gasteiger partial charge in [-0.15, -0.1) is 0 Å². The van der Waals surface area contributed by atoms with Crippen LogP contribution in [-0.2, 0) is 0 Å². The molecule has 0 spiro atoms. The number of pyridine rings is 1. The molecule has 1 aliphatic rings. The van der Waals surface area contributed by atoms with Crippen LogP contribution in [0.2, 0.25) is 0 Å². The summed E-state index contributed by atoms with van der Waals surface area (Å²) in [5.41, 5.74) is 9.77. The van der Waals surface area contributed by atoms with Crippen LogP contribution in [0.25, 0.3) is 28.0 Å². The molecule has 1 aromatic carbocycles. The van der Waals surface area contributed by atoms with Crippen molar-refractivity contribution in [3.8, 4) is 40.1 Å². The van der Waals surface area contributed by atoms with Gasteiger partial charge in [0.15, 0.2) is 11.4 Å². The number of amides is 1. The van der Waals surface area contributed by atoms with Crippen LogP contribution in [0.15, 0.2) is 42.7 Å². The predicted molar refractivity (Wildman–Crippen MR) is 120 cm³/mol. The van der Waals surface area contributed by atoms with E-state index in [1.54, 1.807) is 41.1 Å². The van der Waals surface area contributed by atoms with E-state index in [1.165, 1.54) is 0 Å². The van der Waals surface area contributed by atoms with Crippen molar-refractivity contribution in [3.05, 3.63) is 54.0 Å². The first kappa shape index (κ1) is 20.3. The number of hydrogen-bond donors (Lipinski definition) is 2. The lowest BCUT2D eigenvalue weighted by Crippen LogP contribution is -2.22. The Labute approximate surface area is 188 Å². The molecule has 164 valence electrons. The maximum Gasteiger partial charge on any atom is 0.271 e. The number of nitrogen functional groups attached to an aromatic ring is 1. The molecule has 10 nitrogen and oxygen atoms in total. The van der Waals surface area contributed by atoms with Crippen LogP contribution in [-0.4, -0.2) is 45.0 Å². The molecule has 0 bridgehead atoms. The fraction of sp³-hybridized carbons (Fsp3) is 0.174. The minimum absolute atomic E-state index is 0.147. The van der Waals surface area contributed by atoms with Crippen molar-refractivity contribution in [3.63, 3.8) is 0 Å². The van der Waals surface area contributed by atoms with E-state index >= 15 is 0 Å². The second kappa shape index (κ2) is 8.12. The Morgan fingerprint density at radius 1 is 1.27 bits per heavy atom. The minimum Gasteiger partial charge on any atom is -0.484 e. The standard InChI is InChI=1S/C23H19N7O3/c1-2-26-21(31)16-12-30-20(28-16)17(15-6-7-27-22-19(15)32-8-9-33-22)18(29-23(30)25)14-5-3-4-13(10-14)11-24/h3-7,10,12H,2,8-9H2,1H3,(H2,25,29)(H,26,31). The molecule has 3 N–H and O–H groups in total. The second-order valence-corrected chi connectivity index (χ2v) is 7.26. The Hall–Kier alpha value is -4.65. The third kappa shape index (κ3) is 3.45. The van der Waals surface area contributed by atoms with Crippen molar-refractivity contribution in [2.24, 2.45) is 0 Å². The molecular formula is C23H19N7O3. The van der Waals surface area contributed by atoms with E-state index < -0.39 is 0 Å². The van der Waals surface area contributed by atoms with Gasteiger partial charge in [0, 0.05) is 30.1 Å². The monoisotopic (exact) mass is 441 g/mol. The lowest BCUT2D eigenvalue weighted by atomic mass is 9.98. The van der Waals surface area contributed by atoms with Gasteiger partial charge in [0.2, 0.25) is 5.95 Å². The van der Waals surface area contributed by atoms with Crippen LogP contribution < -0.4 is 20.5 Å². The highest BCUT2D eigenvalue weighted by Gasteiger charge is 2.26. The van der Waals surface area contributed by atoms with E-state index in [0.717, 1.165) is 0 Å². The first-order valence-electron chi connectivity index (χ1n) is 10.3. The van der Waals surface area contributed by atoms with E-state index in [1.807, 2.05) is 13.0 Å². The van der Waals surface area contributed by atoms with Gasteiger partial charge < -0.3 is 20.5 Å². The third-order valence-electron chi connectivity index (χ3n) is 5.18. The number of nitriles is 1. The summed E-state index contributed by atoms with van der Waals surface area (Å²) in [7, 11) is 0. The number of hydrogen-bond acceptors (Lipinski definition) is 8. The zero-order valence-electron chi connectivity index (χ0n) is 17.7. The smallest absolute Gasteiger partial charge is 0.271 e. The van der Waals surface area contributed by atoms with Gasteiger partial charge in [-0.2, -0.15) is 5.26 Å². The van der Waals surface area contributed by atoms with Crippen LogP contribution in [0.4, 0.5) is 5.95 Å². The molecule has 33 heavy (non-hydrogen) atoms. The molecule has 4 heterocycles. The second-order valence-electron chi connectivity index (χ2n) is 7.26. The molecule has 1 aliphatic heterocycles. The molecule has 3 aromatic heterocycles. The molecule has 0 unspecified atom stereocenters.